The van der Waals surface area contributed by atoms with E-state index in [1.807, 2.05) is 24.3 Å². The summed E-state index contributed by atoms with van der Waals surface area (Å²) in [6, 6.07) is 9.34. The number of aromatic hydroxyl groups is 1. The molecule has 2 unspecified atom stereocenters. The van der Waals surface area contributed by atoms with Gasteiger partial charge in [-0.3, -0.25) is 0 Å². The molecule has 7 nitrogen and oxygen atoms in total. The van der Waals surface area contributed by atoms with Gasteiger partial charge in [-0.1, -0.05) is 6.07 Å². The van der Waals surface area contributed by atoms with E-state index in [0.29, 0.717) is 24.7 Å². The van der Waals surface area contributed by atoms with Gasteiger partial charge in [-0.15, -0.1) is 0 Å². The van der Waals surface area contributed by atoms with Gasteiger partial charge in [0.1, 0.15) is 5.75 Å². The molecule has 2 aromatic rings. The minimum absolute atomic E-state index is 0.0642. The van der Waals surface area contributed by atoms with Crippen LogP contribution in [0.15, 0.2) is 30.3 Å². The standard InChI is InChI=1S/C20H18O7/c21-14-5-18-17(26-9-27-18)4-11(14)20-13-7-22-19(12(13)6-23-20)10-1-2-15-16(3-10)25-8-24-15/h1-5,12-13,19-21H,6-9H2/t12-,13+,19?,20?/m0/s1. The molecule has 1 N–H and O–H groups in total. The third-order valence-electron chi connectivity index (χ3n) is 5.82. The number of hydrogen-bond donors (Lipinski definition) is 1. The van der Waals surface area contributed by atoms with E-state index in [1.165, 1.54) is 0 Å². The highest BCUT2D eigenvalue weighted by Crippen LogP contribution is 2.53. The van der Waals surface area contributed by atoms with Crippen molar-refractivity contribution in [2.75, 3.05) is 26.8 Å². The smallest absolute Gasteiger partial charge is 0.231 e. The van der Waals surface area contributed by atoms with Crippen molar-refractivity contribution in [3.05, 3.63) is 41.5 Å². The molecule has 2 fully saturated rings. The van der Waals surface area contributed by atoms with Crippen LogP contribution in [0.5, 0.6) is 28.7 Å². The number of hydrogen-bond acceptors (Lipinski definition) is 7. The van der Waals surface area contributed by atoms with Crippen LogP contribution >= 0.6 is 0 Å². The molecule has 0 spiro atoms. The van der Waals surface area contributed by atoms with Gasteiger partial charge < -0.3 is 33.5 Å². The van der Waals surface area contributed by atoms with Gasteiger partial charge in [0, 0.05) is 23.5 Å². The van der Waals surface area contributed by atoms with Crippen molar-refractivity contribution in [2.24, 2.45) is 11.8 Å². The Labute approximate surface area is 155 Å². The summed E-state index contributed by atoms with van der Waals surface area (Å²) in [5, 5.41) is 10.5. The molecule has 0 amide bonds. The Bertz CT molecular complexity index is 911. The zero-order valence-electron chi connectivity index (χ0n) is 14.4. The van der Waals surface area contributed by atoms with Crippen molar-refractivity contribution >= 4 is 0 Å². The van der Waals surface area contributed by atoms with Gasteiger partial charge in [-0.25, -0.2) is 0 Å². The summed E-state index contributed by atoms with van der Waals surface area (Å²) < 4.78 is 33.9. The maximum atomic E-state index is 10.5. The SMILES string of the molecule is Oc1cc2c(cc1C1OC[C@@H]3C(c4ccc5c(c4)OCO5)OC[C@@H]13)OCO2. The zero-order valence-corrected chi connectivity index (χ0v) is 14.4. The molecule has 27 heavy (non-hydrogen) atoms. The Morgan fingerprint density at radius 2 is 1.33 bits per heavy atom. The fourth-order valence-corrected chi connectivity index (χ4v) is 4.48. The van der Waals surface area contributed by atoms with Gasteiger partial charge in [-0.2, -0.15) is 0 Å². The topological polar surface area (TPSA) is 75.6 Å². The van der Waals surface area contributed by atoms with E-state index >= 15 is 0 Å². The average Bonchev–Trinajstić information content (AvgIpc) is 3.43. The first-order valence-electron chi connectivity index (χ1n) is 9.03. The summed E-state index contributed by atoms with van der Waals surface area (Å²) in [5.41, 5.74) is 1.78. The van der Waals surface area contributed by atoms with E-state index in [4.69, 9.17) is 28.4 Å². The summed E-state index contributed by atoms with van der Waals surface area (Å²) in [4.78, 5) is 0. The molecular weight excluding hydrogens is 352 g/mol. The number of phenols is 1. The normalized spacial score (nSPS) is 29.9. The number of benzene rings is 2. The lowest BCUT2D eigenvalue weighted by Gasteiger charge is -2.18. The van der Waals surface area contributed by atoms with Crippen molar-refractivity contribution in [3.63, 3.8) is 0 Å². The molecule has 6 rings (SSSR count). The van der Waals surface area contributed by atoms with Gasteiger partial charge in [0.25, 0.3) is 0 Å². The first kappa shape index (κ1) is 15.4. The Balaban J connectivity index is 1.29. The van der Waals surface area contributed by atoms with Crippen molar-refractivity contribution < 1.29 is 33.5 Å². The fraction of sp³-hybridized carbons (Fsp3) is 0.400. The van der Waals surface area contributed by atoms with Crippen LogP contribution in [0.4, 0.5) is 0 Å². The Morgan fingerprint density at radius 3 is 2.15 bits per heavy atom. The molecule has 4 heterocycles. The molecular formula is C20H18O7. The van der Waals surface area contributed by atoms with E-state index in [-0.39, 0.29) is 43.4 Å². The highest BCUT2D eigenvalue weighted by atomic mass is 16.7. The summed E-state index contributed by atoms with van der Waals surface area (Å²) in [6.07, 6.45) is -0.297. The average molecular weight is 370 g/mol. The summed E-state index contributed by atoms with van der Waals surface area (Å²) in [5.74, 6) is 3.25. The maximum absolute atomic E-state index is 10.5. The highest BCUT2D eigenvalue weighted by molar-refractivity contribution is 5.52. The number of fused-ring (bicyclic) bond motifs is 3. The zero-order chi connectivity index (χ0) is 18.0. The van der Waals surface area contributed by atoms with Crippen molar-refractivity contribution in [1.82, 2.24) is 0 Å². The van der Waals surface area contributed by atoms with E-state index in [1.54, 1.807) is 6.07 Å². The van der Waals surface area contributed by atoms with Crippen LogP contribution in [0.1, 0.15) is 23.3 Å². The second-order valence-corrected chi connectivity index (χ2v) is 7.21. The lowest BCUT2D eigenvalue weighted by Crippen LogP contribution is -2.14. The van der Waals surface area contributed by atoms with E-state index in [0.717, 1.165) is 22.6 Å². The molecule has 0 aliphatic carbocycles. The lowest BCUT2D eigenvalue weighted by atomic mass is 9.84. The molecule has 0 bridgehead atoms. The van der Waals surface area contributed by atoms with Gasteiger partial charge in [-0.05, 0) is 23.8 Å². The molecule has 0 aromatic heterocycles. The van der Waals surface area contributed by atoms with Gasteiger partial charge in [0.05, 0.1) is 25.4 Å². The molecule has 4 atom stereocenters. The van der Waals surface area contributed by atoms with Crippen LogP contribution in [-0.2, 0) is 9.47 Å². The van der Waals surface area contributed by atoms with Crippen LogP contribution < -0.4 is 18.9 Å². The van der Waals surface area contributed by atoms with E-state index in [2.05, 4.69) is 0 Å². The summed E-state index contributed by atoms with van der Waals surface area (Å²) in [6.45, 7) is 1.57. The van der Waals surface area contributed by atoms with Crippen LogP contribution in [0.2, 0.25) is 0 Å². The Morgan fingerprint density at radius 1 is 0.704 bits per heavy atom. The first-order chi connectivity index (χ1) is 13.3. The quantitative estimate of drug-likeness (QED) is 0.871. The monoisotopic (exact) mass is 370 g/mol. The highest BCUT2D eigenvalue weighted by Gasteiger charge is 2.49. The minimum atomic E-state index is -0.233. The van der Waals surface area contributed by atoms with E-state index < -0.39 is 0 Å². The lowest BCUT2D eigenvalue weighted by molar-refractivity contribution is 0.0185. The van der Waals surface area contributed by atoms with Crippen molar-refractivity contribution in [2.45, 2.75) is 12.2 Å². The number of rotatable bonds is 2. The Hall–Kier alpha value is -2.64. The first-order valence-corrected chi connectivity index (χ1v) is 9.03. The van der Waals surface area contributed by atoms with E-state index in [9.17, 15) is 5.11 Å². The molecule has 2 aromatic carbocycles. The van der Waals surface area contributed by atoms with Crippen molar-refractivity contribution in [1.29, 1.82) is 0 Å². The second-order valence-electron chi connectivity index (χ2n) is 7.21. The van der Waals surface area contributed by atoms with Crippen LogP contribution in [0.25, 0.3) is 0 Å². The third kappa shape index (κ3) is 2.28. The molecule has 140 valence electrons. The van der Waals surface area contributed by atoms with Gasteiger partial charge >= 0.3 is 0 Å². The third-order valence-corrected chi connectivity index (χ3v) is 5.82. The van der Waals surface area contributed by atoms with Crippen molar-refractivity contribution in [3.8, 4) is 28.7 Å². The maximum Gasteiger partial charge on any atom is 0.231 e. The molecule has 0 radical (unpaired) electrons. The molecule has 2 saturated heterocycles. The molecule has 4 aliphatic rings. The summed E-state index contributed by atoms with van der Waals surface area (Å²) >= 11 is 0. The van der Waals surface area contributed by atoms with Crippen LogP contribution in [0.3, 0.4) is 0 Å². The predicted molar refractivity (Wildman–Crippen MR) is 91.2 cm³/mol. The van der Waals surface area contributed by atoms with Gasteiger partial charge in [0.2, 0.25) is 13.6 Å². The Kier molecular flexibility index (Phi) is 3.24. The largest absolute Gasteiger partial charge is 0.507 e. The van der Waals surface area contributed by atoms with Crippen LogP contribution in [0, 0.1) is 11.8 Å². The molecule has 0 saturated carbocycles. The second kappa shape index (κ2) is 5.68. The molecule has 4 aliphatic heterocycles. The number of phenolic OH excluding ortho intramolecular Hbond substituents is 1. The number of ether oxygens (including phenoxy) is 6. The van der Waals surface area contributed by atoms with Gasteiger partial charge in [0.15, 0.2) is 23.0 Å². The minimum Gasteiger partial charge on any atom is -0.507 e. The van der Waals surface area contributed by atoms with Crippen LogP contribution in [-0.4, -0.2) is 31.9 Å². The predicted octanol–water partition coefficient (Wildman–Crippen LogP) is 2.92. The summed E-state index contributed by atoms with van der Waals surface area (Å²) in [7, 11) is 0. The fourth-order valence-electron chi connectivity index (χ4n) is 4.48. The molecule has 7 heteroatoms.